The number of alkyl carbamates (subject to hydrolysis) is 1. The lowest BCUT2D eigenvalue weighted by Gasteiger charge is -2.22. The molecule has 6 nitrogen and oxygen atoms in total. The van der Waals surface area contributed by atoms with Gasteiger partial charge in [0.2, 0.25) is 0 Å². The molecule has 0 heterocycles. The maximum atomic E-state index is 11.8. The fourth-order valence-electron chi connectivity index (χ4n) is 1.95. The van der Waals surface area contributed by atoms with Crippen LogP contribution >= 0.6 is 15.9 Å². The van der Waals surface area contributed by atoms with Crippen LogP contribution in [0.5, 0.6) is 5.75 Å². The quantitative estimate of drug-likeness (QED) is 0.720. The van der Waals surface area contributed by atoms with Crippen LogP contribution in [0, 0.1) is 0 Å². The van der Waals surface area contributed by atoms with Gasteiger partial charge in [0, 0.05) is 6.42 Å². The summed E-state index contributed by atoms with van der Waals surface area (Å²) in [5, 5.41) is 21.7. The molecule has 0 radical (unpaired) electrons. The Balaban J connectivity index is 2.95. The summed E-state index contributed by atoms with van der Waals surface area (Å²) in [6.07, 6.45) is -0.120. The van der Waals surface area contributed by atoms with E-state index in [0.29, 0.717) is 10.0 Å². The molecule has 0 aromatic heterocycles. The van der Waals surface area contributed by atoms with Crippen molar-refractivity contribution in [3.8, 4) is 5.75 Å². The molecule has 0 saturated carbocycles. The average Bonchev–Trinajstić information content (AvgIpc) is 2.40. The molecule has 0 fully saturated rings. The molecular weight excluding hydrogens is 366 g/mol. The number of rotatable bonds is 5. The van der Waals surface area contributed by atoms with Crippen molar-refractivity contribution >= 4 is 28.0 Å². The van der Waals surface area contributed by atoms with Crippen LogP contribution in [0.3, 0.4) is 0 Å². The molecule has 7 heteroatoms. The molecule has 0 aliphatic heterocycles. The molecular formula is C16H22BrNO5. The number of carbonyl (C=O) groups is 2. The Bertz CT molecular complexity index is 595. The van der Waals surface area contributed by atoms with Crippen molar-refractivity contribution in [2.75, 3.05) is 0 Å². The predicted octanol–water partition coefficient (Wildman–Crippen LogP) is 3.24. The monoisotopic (exact) mass is 387 g/mol. The second-order valence-corrected chi connectivity index (χ2v) is 7.03. The van der Waals surface area contributed by atoms with E-state index in [2.05, 4.69) is 21.2 Å². The van der Waals surface area contributed by atoms with E-state index in [9.17, 15) is 19.8 Å². The van der Waals surface area contributed by atoms with Gasteiger partial charge in [-0.2, -0.15) is 0 Å². The van der Waals surface area contributed by atoms with Crippen LogP contribution in [0.15, 0.2) is 16.6 Å². The average molecular weight is 388 g/mol. The first-order valence-electron chi connectivity index (χ1n) is 7.26. The van der Waals surface area contributed by atoms with E-state index in [0.717, 1.165) is 12.0 Å². The van der Waals surface area contributed by atoms with E-state index in [-0.39, 0.29) is 12.2 Å². The molecule has 0 aliphatic carbocycles. The van der Waals surface area contributed by atoms with Gasteiger partial charge in [0.25, 0.3) is 0 Å². The van der Waals surface area contributed by atoms with Crippen molar-refractivity contribution in [2.45, 2.75) is 52.2 Å². The lowest BCUT2D eigenvalue weighted by atomic mass is 10.0. The molecule has 1 unspecified atom stereocenters. The second-order valence-electron chi connectivity index (χ2n) is 6.18. The third-order valence-electron chi connectivity index (χ3n) is 3.02. The molecule has 1 atom stereocenters. The number of halogens is 1. The predicted molar refractivity (Wildman–Crippen MR) is 89.7 cm³/mol. The van der Waals surface area contributed by atoms with E-state index < -0.39 is 23.7 Å². The molecule has 1 rings (SSSR count). The molecule has 1 aromatic carbocycles. The van der Waals surface area contributed by atoms with Crippen LogP contribution in [-0.4, -0.2) is 33.9 Å². The fourth-order valence-corrected chi connectivity index (χ4v) is 2.50. The normalized spacial score (nSPS) is 12.6. The van der Waals surface area contributed by atoms with Crippen molar-refractivity contribution < 1.29 is 24.5 Å². The van der Waals surface area contributed by atoms with Crippen LogP contribution in [-0.2, 0) is 22.4 Å². The van der Waals surface area contributed by atoms with E-state index in [1.807, 2.05) is 6.92 Å². The van der Waals surface area contributed by atoms with Crippen molar-refractivity contribution in [3.05, 3.63) is 27.7 Å². The number of hydrogen-bond acceptors (Lipinski definition) is 4. The molecule has 0 saturated heterocycles. The number of nitrogens with one attached hydrogen (secondary N) is 1. The van der Waals surface area contributed by atoms with Gasteiger partial charge < -0.3 is 20.3 Å². The molecule has 0 bridgehead atoms. The van der Waals surface area contributed by atoms with Crippen molar-refractivity contribution in [1.82, 2.24) is 5.32 Å². The number of benzene rings is 1. The number of ether oxygens (including phenoxy) is 1. The Kier molecular flexibility index (Phi) is 6.44. The second kappa shape index (κ2) is 7.68. The van der Waals surface area contributed by atoms with E-state index in [1.54, 1.807) is 32.9 Å². The Morgan fingerprint density at radius 3 is 2.43 bits per heavy atom. The first kappa shape index (κ1) is 19.3. The van der Waals surface area contributed by atoms with Gasteiger partial charge in [-0.05, 0) is 60.3 Å². The number of aryl methyl sites for hydroxylation is 1. The summed E-state index contributed by atoms with van der Waals surface area (Å²) in [6.45, 7) is 7.03. The minimum Gasteiger partial charge on any atom is -0.506 e. The van der Waals surface area contributed by atoms with Crippen molar-refractivity contribution in [3.63, 3.8) is 0 Å². The Morgan fingerprint density at radius 2 is 1.96 bits per heavy atom. The van der Waals surface area contributed by atoms with Crippen LogP contribution in [0.4, 0.5) is 4.79 Å². The Morgan fingerprint density at radius 1 is 1.35 bits per heavy atom. The maximum absolute atomic E-state index is 11.8. The molecule has 0 spiro atoms. The van der Waals surface area contributed by atoms with Gasteiger partial charge in [0.05, 0.1) is 4.47 Å². The summed E-state index contributed by atoms with van der Waals surface area (Å²) < 4.78 is 5.56. The van der Waals surface area contributed by atoms with Crippen LogP contribution in [0.1, 0.15) is 38.8 Å². The highest BCUT2D eigenvalue weighted by Gasteiger charge is 2.25. The van der Waals surface area contributed by atoms with E-state index in [1.165, 1.54) is 0 Å². The summed E-state index contributed by atoms with van der Waals surface area (Å²) in [7, 11) is 0. The zero-order chi connectivity index (χ0) is 17.8. The smallest absolute Gasteiger partial charge is 0.408 e. The number of phenolic OH excluding ortho intramolecular Hbond substituents is 1. The third-order valence-corrected chi connectivity index (χ3v) is 3.63. The molecule has 3 N–H and O–H groups in total. The molecule has 1 aromatic rings. The highest BCUT2D eigenvalue weighted by atomic mass is 79.9. The number of phenols is 1. The zero-order valence-electron chi connectivity index (χ0n) is 13.6. The van der Waals surface area contributed by atoms with Gasteiger partial charge in [0.1, 0.15) is 17.4 Å². The van der Waals surface area contributed by atoms with Crippen LogP contribution < -0.4 is 5.32 Å². The number of carboxylic acids is 1. The van der Waals surface area contributed by atoms with E-state index in [4.69, 9.17) is 4.74 Å². The molecule has 128 valence electrons. The van der Waals surface area contributed by atoms with Gasteiger partial charge >= 0.3 is 12.1 Å². The van der Waals surface area contributed by atoms with Crippen LogP contribution in [0.25, 0.3) is 0 Å². The molecule has 0 aliphatic rings. The maximum Gasteiger partial charge on any atom is 0.408 e. The third kappa shape index (κ3) is 6.09. The van der Waals surface area contributed by atoms with Gasteiger partial charge in [0.15, 0.2) is 0 Å². The highest BCUT2D eigenvalue weighted by molar-refractivity contribution is 9.10. The minimum absolute atomic E-state index is 0.0283. The van der Waals surface area contributed by atoms with Crippen molar-refractivity contribution in [1.29, 1.82) is 0 Å². The first-order chi connectivity index (χ1) is 10.5. The summed E-state index contributed by atoms with van der Waals surface area (Å²) >= 11 is 3.25. The summed E-state index contributed by atoms with van der Waals surface area (Å²) in [6, 6.07) is 2.30. The van der Waals surface area contributed by atoms with Gasteiger partial charge in [-0.25, -0.2) is 9.59 Å². The highest BCUT2D eigenvalue weighted by Crippen LogP contribution is 2.30. The number of amides is 1. The summed E-state index contributed by atoms with van der Waals surface area (Å²) in [5.41, 5.74) is 0.672. The van der Waals surface area contributed by atoms with Gasteiger partial charge in [-0.1, -0.05) is 13.0 Å². The lowest BCUT2D eigenvalue weighted by Crippen LogP contribution is -2.44. The molecule has 1 amide bonds. The zero-order valence-corrected chi connectivity index (χ0v) is 15.2. The first-order valence-corrected chi connectivity index (χ1v) is 8.05. The topological polar surface area (TPSA) is 95.9 Å². The van der Waals surface area contributed by atoms with Crippen LogP contribution in [0.2, 0.25) is 0 Å². The lowest BCUT2D eigenvalue weighted by molar-refractivity contribution is -0.139. The van der Waals surface area contributed by atoms with E-state index >= 15 is 0 Å². The minimum atomic E-state index is -1.20. The summed E-state index contributed by atoms with van der Waals surface area (Å²) in [5.74, 6) is -1.23. The fraction of sp³-hybridized carbons (Fsp3) is 0.500. The summed E-state index contributed by atoms with van der Waals surface area (Å²) in [4.78, 5) is 23.2. The van der Waals surface area contributed by atoms with Gasteiger partial charge in [-0.3, -0.25) is 0 Å². The van der Waals surface area contributed by atoms with Crippen molar-refractivity contribution in [2.24, 2.45) is 0 Å². The Hall–Kier alpha value is -1.76. The number of hydrogen-bond donors (Lipinski definition) is 3. The SMILES string of the molecule is CCc1cc(Br)c(O)c(CC(NC(=O)OC(C)(C)C)C(=O)O)c1. The number of aromatic hydroxyl groups is 1. The number of aliphatic carboxylic acids is 1. The largest absolute Gasteiger partial charge is 0.506 e. The Labute approximate surface area is 144 Å². The number of carbonyl (C=O) groups excluding carboxylic acids is 1. The molecule has 23 heavy (non-hydrogen) atoms. The van der Waals surface area contributed by atoms with Gasteiger partial charge in [-0.15, -0.1) is 0 Å². The number of carboxylic acid groups (broad SMARTS) is 1. The standard InChI is InChI=1S/C16H22BrNO5/c1-5-9-6-10(13(19)11(17)7-9)8-12(14(20)21)18-15(22)23-16(2,3)4/h6-7,12,19H,5,8H2,1-4H3,(H,18,22)(H,20,21).